The Bertz CT molecular complexity index is 574. The van der Waals surface area contributed by atoms with Gasteiger partial charge >= 0.3 is 0 Å². The maximum absolute atomic E-state index is 12.2. The Morgan fingerprint density at radius 2 is 1.90 bits per heavy atom. The predicted molar refractivity (Wildman–Crippen MR) is 81.0 cm³/mol. The van der Waals surface area contributed by atoms with Gasteiger partial charge in [0.2, 0.25) is 10.0 Å². The maximum atomic E-state index is 12.2. The summed E-state index contributed by atoms with van der Waals surface area (Å²) in [5.74, 6) is 0.559. The minimum Gasteiger partial charge on any atom is -0.396 e. The molecule has 0 bridgehead atoms. The number of nitrogens with zero attached hydrogens (tertiary/aromatic N) is 1. The molecule has 0 saturated carbocycles. The van der Waals surface area contributed by atoms with Crippen molar-refractivity contribution in [1.82, 2.24) is 4.72 Å². The molecule has 0 fully saturated rings. The summed E-state index contributed by atoms with van der Waals surface area (Å²) in [4.78, 5) is 0.147. The third-order valence-electron chi connectivity index (χ3n) is 3.20. The van der Waals surface area contributed by atoms with E-state index in [0.29, 0.717) is 24.4 Å². The van der Waals surface area contributed by atoms with Crippen molar-refractivity contribution in [2.45, 2.75) is 31.6 Å². The van der Waals surface area contributed by atoms with Crippen LogP contribution in [-0.4, -0.2) is 26.7 Å². The van der Waals surface area contributed by atoms with Gasteiger partial charge in [0.25, 0.3) is 0 Å². The summed E-state index contributed by atoms with van der Waals surface area (Å²) in [5.41, 5.74) is 0.423. The fourth-order valence-corrected chi connectivity index (χ4v) is 3.29. The van der Waals surface area contributed by atoms with Crippen molar-refractivity contribution in [1.29, 1.82) is 5.26 Å². The van der Waals surface area contributed by atoms with Crippen molar-refractivity contribution in [2.75, 3.05) is 13.2 Å². The average molecular weight is 310 g/mol. The Hall–Kier alpha value is -1.42. The van der Waals surface area contributed by atoms with Crippen LogP contribution in [0.4, 0.5) is 0 Å². The van der Waals surface area contributed by atoms with Crippen LogP contribution in [0.3, 0.4) is 0 Å². The first-order valence-corrected chi connectivity index (χ1v) is 8.48. The minimum absolute atomic E-state index is 0.0516. The van der Waals surface area contributed by atoms with Crippen LogP contribution in [-0.2, 0) is 10.0 Å². The fraction of sp³-hybridized carbons (Fsp3) is 0.533. The third-order valence-corrected chi connectivity index (χ3v) is 4.64. The molecule has 6 heteroatoms. The fourth-order valence-electron chi connectivity index (χ4n) is 2.17. The van der Waals surface area contributed by atoms with E-state index in [-0.39, 0.29) is 17.4 Å². The molecule has 0 heterocycles. The van der Waals surface area contributed by atoms with Gasteiger partial charge in [-0.15, -0.1) is 0 Å². The Morgan fingerprint density at radius 3 is 2.38 bits per heavy atom. The number of sulfonamides is 1. The lowest BCUT2D eigenvalue weighted by Crippen LogP contribution is -2.30. The van der Waals surface area contributed by atoms with Crippen LogP contribution >= 0.6 is 0 Å². The first-order valence-electron chi connectivity index (χ1n) is 6.99. The highest BCUT2D eigenvalue weighted by Gasteiger charge is 2.17. The number of rotatable bonds is 8. The molecule has 0 saturated heterocycles. The van der Waals surface area contributed by atoms with Gasteiger partial charge in [-0.25, -0.2) is 13.1 Å². The van der Waals surface area contributed by atoms with E-state index in [2.05, 4.69) is 18.6 Å². The zero-order valence-corrected chi connectivity index (χ0v) is 13.2. The van der Waals surface area contributed by atoms with Crippen LogP contribution in [0, 0.1) is 23.2 Å². The lowest BCUT2D eigenvalue weighted by Gasteiger charge is -2.18. The van der Waals surface area contributed by atoms with E-state index < -0.39 is 10.0 Å². The predicted octanol–water partition coefficient (Wildman–Crippen LogP) is 1.88. The van der Waals surface area contributed by atoms with Crippen LogP contribution in [0.2, 0.25) is 0 Å². The van der Waals surface area contributed by atoms with E-state index in [0.717, 1.165) is 6.42 Å². The molecular weight excluding hydrogens is 288 g/mol. The van der Waals surface area contributed by atoms with Crippen molar-refractivity contribution in [3.8, 4) is 6.07 Å². The van der Waals surface area contributed by atoms with Crippen LogP contribution in [0.25, 0.3) is 0 Å². The van der Waals surface area contributed by atoms with Gasteiger partial charge in [-0.2, -0.15) is 5.26 Å². The van der Waals surface area contributed by atoms with E-state index in [4.69, 9.17) is 10.4 Å². The summed E-state index contributed by atoms with van der Waals surface area (Å²) in [6, 6.07) is 7.75. The molecule has 0 aromatic heterocycles. The molecule has 1 aromatic carbocycles. The van der Waals surface area contributed by atoms with Gasteiger partial charge in [0, 0.05) is 13.2 Å². The van der Waals surface area contributed by atoms with Gasteiger partial charge in [-0.1, -0.05) is 13.8 Å². The van der Waals surface area contributed by atoms with Crippen molar-refractivity contribution >= 4 is 10.0 Å². The molecular formula is C15H22N2O3S. The average Bonchev–Trinajstić information content (AvgIpc) is 2.45. The zero-order chi connectivity index (χ0) is 15.9. The molecule has 0 aliphatic rings. The second-order valence-electron chi connectivity index (χ2n) is 5.50. The first-order chi connectivity index (χ1) is 9.89. The summed E-state index contributed by atoms with van der Waals surface area (Å²) >= 11 is 0. The highest BCUT2D eigenvalue weighted by atomic mass is 32.2. The summed E-state index contributed by atoms with van der Waals surface area (Å²) in [5, 5.41) is 17.8. The normalized spacial score (nSPS) is 13.1. The monoisotopic (exact) mass is 310 g/mol. The van der Waals surface area contributed by atoms with Crippen LogP contribution in [0.1, 0.15) is 32.3 Å². The first kappa shape index (κ1) is 17.6. The molecule has 1 atom stereocenters. The van der Waals surface area contributed by atoms with Crippen molar-refractivity contribution < 1.29 is 13.5 Å². The number of hydrogen-bond acceptors (Lipinski definition) is 4. The molecule has 21 heavy (non-hydrogen) atoms. The number of aliphatic hydroxyl groups is 1. The molecule has 1 unspecified atom stereocenters. The van der Waals surface area contributed by atoms with Gasteiger partial charge < -0.3 is 5.11 Å². The standard InChI is InChI=1S/C15H22N2O3S/c1-12(2)9-14(7-8-18)11-17-21(19,20)15-5-3-13(10-16)4-6-15/h3-6,12,14,17-18H,7-9,11H2,1-2H3. The molecule has 0 aliphatic heterocycles. The Labute approximate surface area is 126 Å². The molecule has 1 aromatic rings. The summed E-state index contributed by atoms with van der Waals surface area (Å²) in [7, 11) is -3.58. The molecule has 116 valence electrons. The maximum Gasteiger partial charge on any atom is 0.240 e. The molecule has 1 rings (SSSR count). The van der Waals surface area contributed by atoms with E-state index >= 15 is 0 Å². The topological polar surface area (TPSA) is 90.2 Å². The highest BCUT2D eigenvalue weighted by molar-refractivity contribution is 7.89. The van der Waals surface area contributed by atoms with Gasteiger partial charge in [0.15, 0.2) is 0 Å². The number of aliphatic hydroxyl groups excluding tert-OH is 1. The minimum atomic E-state index is -3.58. The zero-order valence-electron chi connectivity index (χ0n) is 12.4. The largest absolute Gasteiger partial charge is 0.396 e. The molecule has 0 aliphatic carbocycles. The molecule has 5 nitrogen and oxygen atoms in total. The van der Waals surface area contributed by atoms with Gasteiger partial charge in [-0.05, 0) is 48.9 Å². The lowest BCUT2D eigenvalue weighted by molar-refractivity contribution is 0.243. The number of benzene rings is 1. The van der Waals surface area contributed by atoms with E-state index in [9.17, 15) is 8.42 Å². The Balaban J connectivity index is 2.72. The lowest BCUT2D eigenvalue weighted by atomic mass is 9.95. The van der Waals surface area contributed by atoms with Crippen molar-refractivity contribution in [3.63, 3.8) is 0 Å². The summed E-state index contributed by atoms with van der Waals surface area (Å²) in [6.45, 7) is 4.50. The van der Waals surface area contributed by atoms with E-state index in [1.54, 1.807) is 0 Å². The second kappa shape index (κ2) is 8.13. The van der Waals surface area contributed by atoms with Crippen molar-refractivity contribution in [3.05, 3.63) is 29.8 Å². The van der Waals surface area contributed by atoms with E-state index in [1.165, 1.54) is 24.3 Å². The Kier molecular flexibility index (Phi) is 6.82. The van der Waals surface area contributed by atoms with E-state index in [1.807, 2.05) is 6.07 Å². The van der Waals surface area contributed by atoms with Gasteiger partial charge in [0.05, 0.1) is 16.5 Å². The summed E-state index contributed by atoms with van der Waals surface area (Å²) in [6.07, 6.45) is 1.44. The molecule has 2 N–H and O–H groups in total. The quantitative estimate of drug-likeness (QED) is 0.767. The Morgan fingerprint density at radius 1 is 1.29 bits per heavy atom. The van der Waals surface area contributed by atoms with Crippen LogP contribution in [0.15, 0.2) is 29.2 Å². The SMILES string of the molecule is CC(C)CC(CCO)CNS(=O)(=O)c1ccc(C#N)cc1. The number of hydrogen-bond donors (Lipinski definition) is 2. The summed E-state index contributed by atoms with van der Waals surface area (Å²) < 4.78 is 26.9. The number of nitrogens with one attached hydrogen (secondary N) is 1. The van der Waals surface area contributed by atoms with Gasteiger partial charge in [0.1, 0.15) is 0 Å². The molecule has 0 radical (unpaired) electrons. The highest BCUT2D eigenvalue weighted by Crippen LogP contribution is 2.16. The molecule has 0 amide bonds. The second-order valence-corrected chi connectivity index (χ2v) is 7.26. The smallest absolute Gasteiger partial charge is 0.240 e. The number of nitriles is 1. The molecule has 0 spiro atoms. The van der Waals surface area contributed by atoms with Crippen LogP contribution in [0.5, 0.6) is 0 Å². The van der Waals surface area contributed by atoms with Crippen LogP contribution < -0.4 is 4.72 Å². The van der Waals surface area contributed by atoms with Gasteiger partial charge in [-0.3, -0.25) is 0 Å². The third kappa shape index (κ3) is 5.84. The van der Waals surface area contributed by atoms with Crippen molar-refractivity contribution in [2.24, 2.45) is 11.8 Å².